The summed E-state index contributed by atoms with van der Waals surface area (Å²) in [7, 11) is 0. The van der Waals surface area contributed by atoms with Crippen molar-refractivity contribution in [2.75, 3.05) is 50.9 Å². The quantitative estimate of drug-likeness (QED) is 0.815. The number of hydrogen-bond acceptors (Lipinski definition) is 7. The second-order valence-electron chi connectivity index (χ2n) is 6.74. The van der Waals surface area contributed by atoms with Crippen molar-refractivity contribution in [3.05, 3.63) is 18.0 Å². The van der Waals surface area contributed by atoms with Gasteiger partial charge in [0.1, 0.15) is 0 Å². The molecule has 1 N–H and O–H groups in total. The molecular formula is C17H23F3N4O4. The Bertz CT molecular complexity index is 662. The van der Waals surface area contributed by atoms with E-state index in [4.69, 9.17) is 9.84 Å². The van der Waals surface area contributed by atoms with Crippen molar-refractivity contribution in [1.82, 2.24) is 14.9 Å². The van der Waals surface area contributed by atoms with Crippen molar-refractivity contribution in [1.29, 1.82) is 0 Å². The van der Waals surface area contributed by atoms with Crippen molar-refractivity contribution >= 4 is 12.0 Å². The number of ether oxygens (including phenoxy) is 2. The van der Waals surface area contributed by atoms with Gasteiger partial charge in [-0.15, -0.1) is 0 Å². The predicted octanol–water partition coefficient (Wildman–Crippen LogP) is 1.55. The monoisotopic (exact) mass is 404 g/mol. The van der Waals surface area contributed by atoms with Crippen LogP contribution in [0.3, 0.4) is 0 Å². The molecule has 0 bridgehead atoms. The van der Waals surface area contributed by atoms with E-state index in [1.54, 1.807) is 6.20 Å². The number of anilines is 1. The molecule has 11 heteroatoms. The summed E-state index contributed by atoms with van der Waals surface area (Å²) in [6, 6.07) is 1.83. The number of aromatic nitrogens is 2. The number of nitrogens with zero attached hydrogens (tertiary/aromatic N) is 4. The zero-order valence-electron chi connectivity index (χ0n) is 15.3. The number of aliphatic hydroxyl groups excluding tert-OH is 1. The van der Waals surface area contributed by atoms with Gasteiger partial charge in [-0.25, -0.2) is 14.8 Å². The Balaban J connectivity index is 1.56. The Morgan fingerprint density at radius 1 is 1.29 bits per heavy atom. The van der Waals surface area contributed by atoms with Gasteiger partial charge in [0.2, 0.25) is 12.1 Å². The minimum absolute atomic E-state index is 0.0862. The Morgan fingerprint density at radius 2 is 1.96 bits per heavy atom. The van der Waals surface area contributed by atoms with E-state index in [1.807, 2.05) is 11.0 Å². The second-order valence-corrected chi connectivity index (χ2v) is 6.74. The zero-order chi connectivity index (χ0) is 20.1. The van der Waals surface area contributed by atoms with E-state index < -0.39 is 25.0 Å². The molecule has 0 radical (unpaired) electrons. The summed E-state index contributed by atoms with van der Waals surface area (Å²) in [6.45, 7) is 1.92. The Kier molecular flexibility index (Phi) is 6.55. The molecule has 2 saturated heterocycles. The average Bonchev–Trinajstić information content (AvgIpc) is 2.72. The summed E-state index contributed by atoms with van der Waals surface area (Å²) in [5.74, 6) is 0.724. The minimum Gasteiger partial charge on any atom is -0.434 e. The molecule has 1 unspecified atom stereocenters. The van der Waals surface area contributed by atoms with Gasteiger partial charge in [-0.1, -0.05) is 0 Å². The van der Waals surface area contributed by atoms with Crippen molar-refractivity contribution in [3.63, 3.8) is 0 Å². The number of rotatable bonds is 4. The third kappa shape index (κ3) is 5.02. The van der Waals surface area contributed by atoms with Crippen LogP contribution < -0.4 is 4.90 Å². The first-order valence-corrected chi connectivity index (χ1v) is 9.17. The van der Waals surface area contributed by atoms with E-state index in [9.17, 15) is 18.0 Å². The fraction of sp³-hybridized carbons (Fsp3) is 0.706. The van der Waals surface area contributed by atoms with Crippen LogP contribution in [0.5, 0.6) is 0 Å². The molecule has 1 atom stereocenters. The van der Waals surface area contributed by atoms with E-state index in [-0.39, 0.29) is 19.0 Å². The van der Waals surface area contributed by atoms with Gasteiger partial charge in [0.15, 0.2) is 0 Å². The highest BCUT2D eigenvalue weighted by atomic mass is 19.4. The van der Waals surface area contributed by atoms with Crippen molar-refractivity contribution in [2.45, 2.75) is 31.0 Å². The lowest BCUT2D eigenvalue weighted by atomic mass is 9.93. The molecule has 1 aromatic rings. The molecule has 1 amide bonds. The lowest BCUT2D eigenvalue weighted by Gasteiger charge is -2.33. The maximum atomic E-state index is 12.6. The molecule has 2 aliphatic heterocycles. The third-order valence-electron chi connectivity index (χ3n) is 4.90. The summed E-state index contributed by atoms with van der Waals surface area (Å²) >= 11 is 0. The van der Waals surface area contributed by atoms with Crippen LogP contribution in [0.4, 0.5) is 23.9 Å². The van der Waals surface area contributed by atoms with Gasteiger partial charge in [0, 0.05) is 44.0 Å². The number of halogens is 3. The molecule has 0 spiro atoms. The molecule has 2 fully saturated rings. The van der Waals surface area contributed by atoms with Crippen LogP contribution in [0, 0.1) is 0 Å². The molecule has 8 nitrogen and oxygen atoms in total. The topological polar surface area (TPSA) is 88.0 Å². The van der Waals surface area contributed by atoms with Gasteiger partial charge in [0.05, 0.1) is 19.8 Å². The fourth-order valence-electron chi connectivity index (χ4n) is 3.27. The van der Waals surface area contributed by atoms with Gasteiger partial charge in [-0.3, -0.25) is 0 Å². The number of morpholine rings is 1. The van der Waals surface area contributed by atoms with Crippen LogP contribution in [-0.4, -0.2) is 84.3 Å². The molecule has 0 aliphatic carbocycles. The van der Waals surface area contributed by atoms with Crippen LogP contribution in [0.1, 0.15) is 24.5 Å². The molecule has 1 aromatic heterocycles. The van der Waals surface area contributed by atoms with Crippen LogP contribution >= 0.6 is 0 Å². The number of likely N-dealkylation sites (tertiary alicyclic amines) is 1. The Labute approximate surface area is 160 Å². The van der Waals surface area contributed by atoms with Gasteiger partial charge >= 0.3 is 12.3 Å². The lowest BCUT2D eigenvalue weighted by Crippen LogP contribution is -2.44. The number of aliphatic hydroxyl groups is 1. The van der Waals surface area contributed by atoms with E-state index in [0.29, 0.717) is 32.0 Å². The van der Waals surface area contributed by atoms with E-state index in [2.05, 4.69) is 14.7 Å². The summed E-state index contributed by atoms with van der Waals surface area (Å²) in [4.78, 5) is 24.2. The smallest absolute Gasteiger partial charge is 0.427 e. The molecule has 2 aliphatic rings. The number of carbonyl (C=O) groups is 1. The highest BCUT2D eigenvalue weighted by Crippen LogP contribution is 2.29. The van der Waals surface area contributed by atoms with Gasteiger partial charge in [0.25, 0.3) is 0 Å². The molecule has 0 aromatic carbocycles. The van der Waals surface area contributed by atoms with Crippen molar-refractivity contribution < 1.29 is 32.5 Å². The highest BCUT2D eigenvalue weighted by Gasteiger charge is 2.43. The van der Waals surface area contributed by atoms with Crippen molar-refractivity contribution in [2.24, 2.45) is 0 Å². The molecule has 28 heavy (non-hydrogen) atoms. The zero-order valence-corrected chi connectivity index (χ0v) is 15.3. The van der Waals surface area contributed by atoms with E-state index >= 15 is 0 Å². The lowest BCUT2D eigenvalue weighted by molar-refractivity contribution is -0.214. The van der Waals surface area contributed by atoms with Crippen LogP contribution in [-0.2, 0) is 9.47 Å². The largest absolute Gasteiger partial charge is 0.434 e. The minimum atomic E-state index is -4.79. The van der Waals surface area contributed by atoms with E-state index in [1.165, 1.54) is 4.90 Å². The SMILES string of the molecule is O=C(OC(CO)C(F)(F)F)N1CCC(c2ccnc(N3CCOCC3)n2)CC1. The number of amides is 1. The summed E-state index contributed by atoms with van der Waals surface area (Å²) in [6.07, 6.45) is -5.54. The summed E-state index contributed by atoms with van der Waals surface area (Å²) in [5.41, 5.74) is 0.855. The Hall–Kier alpha value is -2.14. The standard InChI is InChI=1S/C17H23F3N4O4/c18-17(19,20)14(11-25)28-16(26)24-5-2-12(3-6-24)13-1-4-21-15(22-13)23-7-9-27-10-8-23/h1,4,12,14,25H,2-3,5-11H2. The maximum Gasteiger partial charge on any atom is 0.427 e. The van der Waals surface area contributed by atoms with Crippen LogP contribution in [0.2, 0.25) is 0 Å². The predicted molar refractivity (Wildman–Crippen MR) is 92.0 cm³/mol. The average molecular weight is 404 g/mol. The molecule has 156 valence electrons. The molecule has 3 heterocycles. The summed E-state index contributed by atoms with van der Waals surface area (Å²) in [5, 5.41) is 8.79. The number of carbonyl (C=O) groups excluding carboxylic acids is 1. The number of piperidine rings is 1. The first kappa shape index (κ1) is 20.6. The number of hydrogen-bond donors (Lipinski definition) is 1. The molecule has 0 saturated carbocycles. The van der Waals surface area contributed by atoms with Crippen LogP contribution in [0.15, 0.2) is 12.3 Å². The Morgan fingerprint density at radius 3 is 2.57 bits per heavy atom. The first-order valence-electron chi connectivity index (χ1n) is 9.17. The highest BCUT2D eigenvalue weighted by molar-refractivity contribution is 5.68. The molecule has 3 rings (SSSR count). The molecular weight excluding hydrogens is 381 g/mol. The normalized spacial score (nSPS) is 20.1. The van der Waals surface area contributed by atoms with Crippen LogP contribution in [0.25, 0.3) is 0 Å². The second kappa shape index (κ2) is 8.91. The van der Waals surface area contributed by atoms with Gasteiger partial charge in [-0.05, 0) is 18.9 Å². The maximum absolute atomic E-state index is 12.6. The first-order chi connectivity index (χ1) is 13.4. The van der Waals surface area contributed by atoms with E-state index in [0.717, 1.165) is 18.8 Å². The third-order valence-corrected chi connectivity index (χ3v) is 4.90. The number of alkyl halides is 3. The van der Waals surface area contributed by atoms with Crippen molar-refractivity contribution in [3.8, 4) is 0 Å². The summed E-state index contributed by atoms with van der Waals surface area (Å²) < 4.78 is 47.7. The van der Waals surface area contributed by atoms with Gasteiger partial charge in [-0.2, -0.15) is 13.2 Å². The van der Waals surface area contributed by atoms with Gasteiger partial charge < -0.3 is 24.4 Å². The fourth-order valence-corrected chi connectivity index (χ4v) is 3.27.